The summed E-state index contributed by atoms with van der Waals surface area (Å²) in [6, 6.07) is 1.64. The molecule has 1 unspecified atom stereocenters. The first kappa shape index (κ1) is 31.3. The zero-order chi connectivity index (χ0) is 31.8. The van der Waals surface area contributed by atoms with Crippen molar-refractivity contribution in [1.29, 1.82) is 0 Å². The summed E-state index contributed by atoms with van der Waals surface area (Å²) >= 11 is 7.47. The third-order valence-corrected chi connectivity index (χ3v) is 8.38. The van der Waals surface area contributed by atoms with E-state index in [-0.39, 0.29) is 48.4 Å². The molecule has 0 radical (unpaired) electrons. The first-order valence-corrected chi connectivity index (χ1v) is 14.5. The van der Waals surface area contributed by atoms with E-state index in [1.807, 2.05) is 0 Å². The Morgan fingerprint density at radius 1 is 1.20 bits per heavy atom. The molecule has 2 aromatic heterocycles. The number of carboxylic acids is 1. The van der Waals surface area contributed by atoms with Crippen molar-refractivity contribution in [2.75, 3.05) is 24.6 Å². The number of esters is 1. The molecule has 0 aliphatic carbocycles. The Kier molecular flexibility index (Phi) is 8.88. The third kappa shape index (κ3) is 6.11. The number of hydrogen-bond acceptors (Lipinski definition) is 9. The summed E-state index contributed by atoms with van der Waals surface area (Å²) in [5.41, 5.74) is -1.82. The molecule has 232 valence electrons. The largest absolute Gasteiger partial charge is 0.478 e. The molecule has 4 heterocycles. The average molecular weight is 656 g/mol. The Balaban J connectivity index is 1.53. The van der Waals surface area contributed by atoms with E-state index in [9.17, 15) is 36.6 Å². The number of rotatable bonds is 7. The Morgan fingerprint density at radius 3 is 2.55 bits per heavy atom. The van der Waals surface area contributed by atoms with Crippen molar-refractivity contribution in [3.63, 3.8) is 0 Å². The highest BCUT2D eigenvalue weighted by Crippen LogP contribution is 2.41. The summed E-state index contributed by atoms with van der Waals surface area (Å²) in [6.07, 6.45) is -2.04. The van der Waals surface area contributed by atoms with Crippen LogP contribution in [0.15, 0.2) is 52.2 Å². The molecule has 2 aliphatic rings. The van der Waals surface area contributed by atoms with Gasteiger partial charge in [-0.2, -0.15) is 13.2 Å². The van der Waals surface area contributed by atoms with Crippen LogP contribution >= 0.6 is 22.9 Å². The Hall–Kier alpha value is -4.11. The monoisotopic (exact) mass is 655 g/mol. The van der Waals surface area contributed by atoms with Crippen molar-refractivity contribution >= 4 is 46.5 Å². The maximum absolute atomic E-state index is 14.6. The number of halogens is 6. The number of nitrogens with one attached hydrogen (secondary N) is 1. The normalized spacial score (nSPS) is 17.8. The van der Waals surface area contributed by atoms with Gasteiger partial charge in [0.1, 0.15) is 11.9 Å². The van der Waals surface area contributed by atoms with Gasteiger partial charge in [-0.3, -0.25) is 4.99 Å². The lowest BCUT2D eigenvalue weighted by molar-refractivity contribution is -0.139. The first-order chi connectivity index (χ1) is 20.9. The maximum atomic E-state index is 14.6. The number of alkyl halides is 3. The number of carbonyl (C=O) groups is 2. The molecular formula is C28H23ClF5N5O4S. The van der Waals surface area contributed by atoms with Crippen LogP contribution in [-0.2, 0) is 15.7 Å². The van der Waals surface area contributed by atoms with E-state index in [1.54, 1.807) is 23.4 Å². The number of carboxylic acid groups (broad SMARTS) is 1. The molecule has 5 rings (SSSR count). The highest BCUT2D eigenvalue weighted by molar-refractivity contribution is 7.11. The van der Waals surface area contributed by atoms with Gasteiger partial charge in [0.2, 0.25) is 0 Å². The van der Waals surface area contributed by atoms with Gasteiger partial charge in [-0.1, -0.05) is 17.7 Å². The number of piperidine rings is 1. The SMILES string of the molecule is CCOC(=O)C1=C(C2CCN(c3cc(C(F)(F)F)c(C(=O)O)cn3)CC2)NC(c2nccs2)=NC1c1ccc(F)c(F)c1Cl. The Morgan fingerprint density at radius 2 is 1.93 bits per heavy atom. The lowest BCUT2D eigenvalue weighted by atomic mass is 9.85. The van der Waals surface area contributed by atoms with Gasteiger partial charge in [-0.05, 0) is 31.9 Å². The van der Waals surface area contributed by atoms with Gasteiger partial charge in [0.05, 0.1) is 28.3 Å². The van der Waals surface area contributed by atoms with Crippen LogP contribution in [0.25, 0.3) is 0 Å². The number of carbonyl (C=O) groups excluding carboxylic acids is 1. The first-order valence-electron chi connectivity index (χ1n) is 13.2. The average Bonchev–Trinajstić information content (AvgIpc) is 3.54. The van der Waals surface area contributed by atoms with Gasteiger partial charge in [0.25, 0.3) is 0 Å². The molecule has 3 aromatic rings. The van der Waals surface area contributed by atoms with E-state index in [2.05, 4.69) is 20.3 Å². The molecule has 0 saturated carbocycles. The fraction of sp³-hybridized carbons (Fsp3) is 0.321. The second-order valence-electron chi connectivity index (χ2n) is 9.81. The summed E-state index contributed by atoms with van der Waals surface area (Å²) in [5, 5.41) is 14.0. The fourth-order valence-corrected chi connectivity index (χ4v) is 6.01. The number of ether oxygens (including phenoxy) is 1. The minimum Gasteiger partial charge on any atom is -0.478 e. The lowest BCUT2D eigenvalue weighted by Gasteiger charge is -2.37. The van der Waals surface area contributed by atoms with Crippen molar-refractivity contribution in [2.24, 2.45) is 10.9 Å². The predicted molar refractivity (Wildman–Crippen MR) is 151 cm³/mol. The van der Waals surface area contributed by atoms with E-state index >= 15 is 0 Å². The second kappa shape index (κ2) is 12.5. The summed E-state index contributed by atoms with van der Waals surface area (Å²) in [4.78, 5) is 39.2. The van der Waals surface area contributed by atoms with Crippen LogP contribution in [0.2, 0.25) is 5.02 Å². The topological polar surface area (TPSA) is 117 Å². The molecule has 2 N–H and O–H groups in total. The van der Waals surface area contributed by atoms with Gasteiger partial charge >= 0.3 is 18.1 Å². The summed E-state index contributed by atoms with van der Waals surface area (Å²) in [6.45, 7) is 2.01. The van der Waals surface area contributed by atoms with Crippen LogP contribution in [0.1, 0.15) is 52.3 Å². The third-order valence-electron chi connectivity index (χ3n) is 7.22. The van der Waals surface area contributed by atoms with Gasteiger partial charge < -0.3 is 20.1 Å². The zero-order valence-electron chi connectivity index (χ0n) is 22.8. The summed E-state index contributed by atoms with van der Waals surface area (Å²) in [5.74, 6) is -5.15. The van der Waals surface area contributed by atoms with Crippen LogP contribution in [0.5, 0.6) is 0 Å². The smallest absolute Gasteiger partial charge is 0.417 e. The van der Waals surface area contributed by atoms with Gasteiger partial charge in [-0.15, -0.1) is 11.3 Å². The van der Waals surface area contributed by atoms with Crippen molar-refractivity contribution in [3.8, 4) is 0 Å². The minimum atomic E-state index is -4.91. The molecule has 1 saturated heterocycles. The van der Waals surface area contributed by atoms with E-state index in [0.29, 0.717) is 35.8 Å². The van der Waals surface area contributed by atoms with Gasteiger partial charge in [0, 0.05) is 48.0 Å². The molecule has 44 heavy (non-hydrogen) atoms. The highest BCUT2D eigenvalue weighted by Gasteiger charge is 2.40. The van der Waals surface area contributed by atoms with Crippen molar-refractivity contribution in [3.05, 3.63) is 85.6 Å². The molecule has 0 spiro atoms. The lowest BCUT2D eigenvalue weighted by Crippen LogP contribution is -2.42. The number of aromatic carboxylic acids is 1. The van der Waals surface area contributed by atoms with Gasteiger partial charge in [-0.25, -0.2) is 28.3 Å². The quantitative estimate of drug-likeness (QED) is 0.181. The van der Waals surface area contributed by atoms with Crippen LogP contribution in [0.4, 0.5) is 27.8 Å². The molecule has 9 nitrogen and oxygen atoms in total. The number of aliphatic imine (C=N–C) groups is 1. The van der Waals surface area contributed by atoms with E-state index in [1.165, 1.54) is 17.4 Å². The van der Waals surface area contributed by atoms with Crippen molar-refractivity contribution < 1.29 is 41.4 Å². The summed E-state index contributed by atoms with van der Waals surface area (Å²) < 4.78 is 74.7. The molecule has 16 heteroatoms. The molecule has 2 aliphatic heterocycles. The second-order valence-corrected chi connectivity index (χ2v) is 11.1. The summed E-state index contributed by atoms with van der Waals surface area (Å²) in [7, 11) is 0. The fourth-order valence-electron chi connectivity index (χ4n) is 5.17. The Bertz CT molecular complexity index is 1660. The van der Waals surface area contributed by atoms with Crippen LogP contribution in [0, 0.1) is 17.6 Å². The highest BCUT2D eigenvalue weighted by atomic mass is 35.5. The number of anilines is 1. The van der Waals surface area contributed by atoms with E-state index < -0.39 is 51.9 Å². The molecule has 1 fully saturated rings. The number of benzene rings is 1. The number of allylic oxidation sites excluding steroid dienone is 1. The van der Waals surface area contributed by atoms with Crippen molar-refractivity contribution in [1.82, 2.24) is 15.3 Å². The number of thiazole rings is 1. The molecule has 1 atom stereocenters. The number of hydrogen-bond donors (Lipinski definition) is 2. The Labute approximate surface area is 256 Å². The van der Waals surface area contributed by atoms with Gasteiger partial charge in [0.15, 0.2) is 22.5 Å². The predicted octanol–water partition coefficient (Wildman–Crippen LogP) is 6.01. The van der Waals surface area contributed by atoms with Crippen molar-refractivity contribution in [2.45, 2.75) is 32.0 Å². The zero-order valence-corrected chi connectivity index (χ0v) is 24.4. The van der Waals surface area contributed by atoms with Crippen LogP contribution in [0.3, 0.4) is 0 Å². The molecule has 0 bridgehead atoms. The molecular weight excluding hydrogens is 633 g/mol. The van der Waals surface area contributed by atoms with Crippen LogP contribution < -0.4 is 10.2 Å². The molecule has 0 amide bonds. The number of nitrogens with zero attached hydrogens (tertiary/aromatic N) is 4. The minimum absolute atomic E-state index is 0.00882. The number of amidine groups is 1. The molecule has 1 aromatic carbocycles. The standard InChI is InChI=1S/C28H23ClF5N5O4S/c1-2-43-27(42)19-22(13-5-8-39(9-6-13)18-11-16(28(32,33)34)15(12-36-18)26(40)41)37-24(25-35-7-10-44-25)38-23(19)14-3-4-17(30)21(31)20(14)29/h3-4,7,10-13,23H,2,5-6,8-9H2,1H3,(H,37,38)(H,40,41). The van der Waals surface area contributed by atoms with Crippen LogP contribution in [-0.4, -0.2) is 52.5 Å². The van der Waals surface area contributed by atoms with E-state index in [0.717, 1.165) is 6.07 Å². The van der Waals surface area contributed by atoms with E-state index in [4.69, 9.17) is 16.3 Å². The number of pyridine rings is 1. The number of aromatic nitrogens is 2. The maximum Gasteiger partial charge on any atom is 0.417 e.